The number of fused-ring (bicyclic) bond motifs is 7. The highest BCUT2D eigenvalue weighted by molar-refractivity contribution is 6.17. The Kier molecular flexibility index (Phi) is 8.32. The molecule has 10 aromatic carbocycles. The lowest BCUT2D eigenvalue weighted by Gasteiger charge is -2.21. The van der Waals surface area contributed by atoms with Crippen LogP contribution in [0.4, 0.5) is 0 Å². The summed E-state index contributed by atoms with van der Waals surface area (Å²) in [5.74, 6) is 0. The van der Waals surface area contributed by atoms with E-state index in [0.29, 0.717) is 5.56 Å². The number of allylic oxidation sites excluding steroid dienone is 2. The molecule has 0 aliphatic carbocycles. The van der Waals surface area contributed by atoms with Crippen LogP contribution in [0.5, 0.6) is 0 Å². The van der Waals surface area contributed by atoms with Crippen molar-refractivity contribution in [3.8, 4) is 28.3 Å². The van der Waals surface area contributed by atoms with Crippen molar-refractivity contribution in [2.24, 2.45) is 0 Å². The molecule has 0 saturated carbocycles. The minimum atomic E-state index is 0.661. The van der Waals surface area contributed by atoms with E-state index in [1.54, 1.807) is 0 Å². The standard InChI is InChI=1S/C56H37N/c1-36(52-32-42-13-3-5-16-45(42)48-19-9-11-21-50(48)52)31-55(56-33-43-14-4-6-17-46(43)49-20-10-12-22-51(49)56)53-34-54(47-18-8-7-15-44(47)37(53)2)41-29-27-40(28-30-41)39-25-23-38(35-57)24-26-39/h3-34H,1H2,2H3/b55-31+. The fourth-order valence-corrected chi connectivity index (χ4v) is 8.77. The molecule has 0 aliphatic rings. The molecule has 1 nitrogen and oxygen atoms in total. The van der Waals surface area contributed by atoms with Gasteiger partial charge in [-0.05, 0) is 153 Å². The van der Waals surface area contributed by atoms with Crippen LogP contribution in [0.25, 0.3) is 87.3 Å². The summed E-state index contributed by atoms with van der Waals surface area (Å²) in [6, 6.07) is 69.6. The molecule has 10 rings (SSSR count). The fourth-order valence-electron chi connectivity index (χ4n) is 8.77. The maximum absolute atomic E-state index is 9.33. The molecule has 0 saturated heterocycles. The SMILES string of the molecule is C=C(/C=C(\c1cc(-c2ccc(-c3ccc(C#N)cc3)cc2)c2ccccc2c1C)c1cc2ccccc2c2ccccc12)c1cc2ccccc2c2ccccc12. The Hall–Kier alpha value is -7.53. The zero-order valence-corrected chi connectivity index (χ0v) is 31.6. The van der Waals surface area contributed by atoms with Crippen LogP contribution in [0.2, 0.25) is 0 Å². The zero-order valence-electron chi connectivity index (χ0n) is 31.6. The van der Waals surface area contributed by atoms with Gasteiger partial charge in [0.05, 0.1) is 11.6 Å². The molecule has 0 heterocycles. The number of rotatable bonds is 6. The van der Waals surface area contributed by atoms with Gasteiger partial charge in [0.25, 0.3) is 0 Å². The van der Waals surface area contributed by atoms with Gasteiger partial charge in [0.1, 0.15) is 0 Å². The lowest BCUT2D eigenvalue weighted by Crippen LogP contribution is -1.98. The topological polar surface area (TPSA) is 23.8 Å². The Morgan fingerprint density at radius 3 is 1.46 bits per heavy atom. The smallest absolute Gasteiger partial charge is 0.0991 e. The van der Waals surface area contributed by atoms with Crippen molar-refractivity contribution in [1.29, 1.82) is 5.26 Å². The maximum Gasteiger partial charge on any atom is 0.0991 e. The van der Waals surface area contributed by atoms with Crippen LogP contribution < -0.4 is 0 Å². The molecular weight excluding hydrogens is 687 g/mol. The summed E-state index contributed by atoms with van der Waals surface area (Å²) >= 11 is 0. The third-order valence-electron chi connectivity index (χ3n) is 11.6. The maximum atomic E-state index is 9.33. The average molecular weight is 724 g/mol. The van der Waals surface area contributed by atoms with Gasteiger partial charge in [-0.3, -0.25) is 0 Å². The predicted molar refractivity (Wildman–Crippen MR) is 243 cm³/mol. The minimum Gasteiger partial charge on any atom is -0.192 e. The molecular formula is C56H37N. The van der Waals surface area contributed by atoms with Gasteiger partial charge < -0.3 is 0 Å². The van der Waals surface area contributed by atoms with Crippen molar-refractivity contribution < 1.29 is 0 Å². The largest absolute Gasteiger partial charge is 0.192 e. The van der Waals surface area contributed by atoms with Gasteiger partial charge in [-0.25, -0.2) is 0 Å². The molecule has 0 bridgehead atoms. The normalized spacial score (nSPS) is 11.8. The number of nitriles is 1. The molecule has 0 spiro atoms. The van der Waals surface area contributed by atoms with Crippen molar-refractivity contribution in [2.45, 2.75) is 6.92 Å². The summed E-state index contributed by atoms with van der Waals surface area (Å²) in [6.45, 7) is 7.11. The van der Waals surface area contributed by atoms with Crippen LogP contribution in [-0.2, 0) is 0 Å². The highest BCUT2D eigenvalue weighted by atomic mass is 14.2. The van der Waals surface area contributed by atoms with Gasteiger partial charge in [-0.15, -0.1) is 0 Å². The third-order valence-corrected chi connectivity index (χ3v) is 11.6. The van der Waals surface area contributed by atoms with Crippen LogP contribution in [0.15, 0.2) is 201 Å². The monoisotopic (exact) mass is 723 g/mol. The van der Waals surface area contributed by atoms with E-state index in [1.165, 1.54) is 76.1 Å². The second kappa shape index (κ2) is 14.0. The van der Waals surface area contributed by atoms with E-state index in [4.69, 9.17) is 6.58 Å². The van der Waals surface area contributed by atoms with Crippen molar-refractivity contribution in [2.75, 3.05) is 0 Å². The Bertz CT molecular complexity index is 3300. The van der Waals surface area contributed by atoms with E-state index in [-0.39, 0.29) is 0 Å². The lowest BCUT2D eigenvalue weighted by atomic mass is 9.83. The number of nitrogens with zero attached hydrogens (tertiary/aromatic N) is 1. The Morgan fingerprint density at radius 2 is 0.877 bits per heavy atom. The molecule has 0 amide bonds. The number of benzene rings is 10. The summed E-state index contributed by atoms with van der Waals surface area (Å²) in [5.41, 5.74) is 12.0. The first-order valence-electron chi connectivity index (χ1n) is 19.4. The molecule has 0 radical (unpaired) electrons. The van der Waals surface area contributed by atoms with Gasteiger partial charge in [-0.1, -0.05) is 164 Å². The molecule has 0 aromatic heterocycles. The van der Waals surface area contributed by atoms with E-state index in [9.17, 15) is 5.26 Å². The van der Waals surface area contributed by atoms with Gasteiger partial charge >= 0.3 is 0 Å². The molecule has 0 fully saturated rings. The first kappa shape index (κ1) is 34.0. The summed E-state index contributed by atoms with van der Waals surface area (Å²) < 4.78 is 0. The number of hydrogen-bond donors (Lipinski definition) is 0. The fraction of sp³-hybridized carbons (Fsp3) is 0.0179. The number of aryl methyl sites for hydroxylation is 1. The van der Waals surface area contributed by atoms with E-state index >= 15 is 0 Å². The van der Waals surface area contributed by atoms with Crippen molar-refractivity contribution >= 4 is 65.0 Å². The van der Waals surface area contributed by atoms with Crippen LogP contribution in [-0.4, -0.2) is 0 Å². The van der Waals surface area contributed by atoms with E-state index in [1.807, 2.05) is 24.3 Å². The third kappa shape index (κ3) is 5.88. The average Bonchev–Trinajstić information content (AvgIpc) is 3.28. The second-order valence-electron chi connectivity index (χ2n) is 14.9. The Balaban J connectivity index is 1.24. The van der Waals surface area contributed by atoms with Gasteiger partial charge in [-0.2, -0.15) is 5.26 Å². The van der Waals surface area contributed by atoms with E-state index < -0.39 is 0 Å². The molecule has 0 N–H and O–H groups in total. The Labute approximate surface area is 332 Å². The highest BCUT2D eigenvalue weighted by Crippen LogP contribution is 2.43. The van der Waals surface area contributed by atoms with Crippen LogP contribution in [0.1, 0.15) is 27.8 Å². The summed E-state index contributed by atoms with van der Waals surface area (Å²) in [6.07, 6.45) is 2.34. The number of hydrogen-bond acceptors (Lipinski definition) is 1. The zero-order chi connectivity index (χ0) is 38.5. The Morgan fingerprint density at radius 1 is 0.439 bits per heavy atom. The lowest BCUT2D eigenvalue weighted by molar-refractivity contribution is 1.46. The summed E-state index contributed by atoms with van der Waals surface area (Å²) in [5, 5.41) is 21.5. The summed E-state index contributed by atoms with van der Waals surface area (Å²) in [4.78, 5) is 0. The van der Waals surface area contributed by atoms with Crippen molar-refractivity contribution in [3.63, 3.8) is 0 Å². The van der Waals surface area contributed by atoms with Gasteiger partial charge in [0, 0.05) is 0 Å². The molecule has 57 heavy (non-hydrogen) atoms. The first-order valence-corrected chi connectivity index (χ1v) is 19.4. The second-order valence-corrected chi connectivity index (χ2v) is 14.9. The molecule has 1 heteroatoms. The molecule has 10 aromatic rings. The van der Waals surface area contributed by atoms with E-state index in [0.717, 1.165) is 33.4 Å². The van der Waals surface area contributed by atoms with Crippen LogP contribution in [0, 0.1) is 18.3 Å². The molecule has 0 unspecified atom stereocenters. The minimum absolute atomic E-state index is 0.661. The highest BCUT2D eigenvalue weighted by Gasteiger charge is 2.19. The van der Waals surface area contributed by atoms with E-state index in [2.05, 4.69) is 183 Å². The molecule has 0 atom stereocenters. The van der Waals surface area contributed by atoms with Crippen LogP contribution in [0.3, 0.4) is 0 Å². The first-order chi connectivity index (χ1) is 28.1. The van der Waals surface area contributed by atoms with Crippen LogP contribution >= 0.6 is 0 Å². The molecule has 0 aliphatic heterocycles. The quantitative estimate of drug-likeness (QED) is 0.124. The van der Waals surface area contributed by atoms with Crippen molar-refractivity contribution in [3.05, 3.63) is 229 Å². The van der Waals surface area contributed by atoms with Crippen molar-refractivity contribution in [1.82, 2.24) is 0 Å². The van der Waals surface area contributed by atoms with Gasteiger partial charge in [0.15, 0.2) is 0 Å². The van der Waals surface area contributed by atoms with Gasteiger partial charge in [0.2, 0.25) is 0 Å². The predicted octanol–water partition coefficient (Wildman–Crippen LogP) is 15.1. The summed E-state index contributed by atoms with van der Waals surface area (Å²) in [7, 11) is 0. The molecule has 266 valence electrons.